The highest BCUT2D eigenvalue weighted by Crippen LogP contribution is 1.98. The molecule has 1 heterocycles. The van der Waals surface area contributed by atoms with Crippen LogP contribution >= 0.6 is 0 Å². The van der Waals surface area contributed by atoms with Crippen LogP contribution in [0.5, 0.6) is 0 Å². The largest absolute Gasteiger partial charge is 0.383 e. The van der Waals surface area contributed by atoms with E-state index in [4.69, 9.17) is 5.73 Å². The summed E-state index contributed by atoms with van der Waals surface area (Å²) in [6.07, 6.45) is 4.04. The highest BCUT2D eigenvalue weighted by molar-refractivity contribution is 5.33. The molecule has 0 aliphatic carbocycles. The average Bonchev–Trinajstić information content (AvgIpc) is 1.77. The van der Waals surface area contributed by atoms with Gasteiger partial charge in [0.05, 0.1) is 6.20 Å². The van der Waals surface area contributed by atoms with Crippen LogP contribution in [0.2, 0.25) is 0 Å². The van der Waals surface area contributed by atoms with Crippen LogP contribution in [-0.2, 0) is 0 Å². The van der Waals surface area contributed by atoms with Gasteiger partial charge in [-0.3, -0.25) is 0 Å². The van der Waals surface area contributed by atoms with Crippen LogP contribution < -0.4 is 5.73 Å². The molecule has 1 aromatic heterocycles. The first-order valence-corrected chi connectivity index (χ1v) is 2.25. The summed E-state index contributed by atoms with van der Waals surface area (Å²) < 4.78 is 0. The maximum absolute atomic E-state index is 5.34. The minimum atomic E-state index is 0.500. The maximum atomic E-state index is 5.34. The Morgan fingerprint density at radius 2 is 2.50 bits per heavy atom. The summed E-state index contributed by atoms with van der Waals surface area (Å²) in [6.45, 7) is 1.81. The molecule has 0 aliphatic rings. The van der Waals surface area contributed by atoms with Gasteiger partial charge in [-0.25, -0.2) is 9.97 Å². The third-order valence-electron chi connectivity index (χ3n) is 0.871. The molecule has 3 nitrogen and oxygen atoms in total. The fraction of sp³-hybridized carbons (Fsp3) is 0.200. The van der Waals surface area contributed by atoms with E-state index in [2.05, 4.69) is 16.2 Å². The minimum Gasteiger partial charge on any atom is -0.383 e. The van der Waals surface area contributed by atoms with Crippen molar-refractivity contribution in [2.24, 2.45) is 0 Å². The van der Waals surface area contributed by atoms with Crippen molar-refractivity contribution in [2.75, 3.05) is 5.73 Å². The fourth-order valence-corrected chi connectivity index (χ4v) is 0.371. The van der Waals surface area contributed by atoms with Gasteiger partial charge in [0.2, 0.25) is 0 Å². The minimum absolute atomic E-state index is 0.500. The lowest BCUT2D eigenvalue weighted by atomic mass is 10.4. The van der Waals surface area contributed by atoms with Gasteiger partial charge in [0.1, 0.15) is 12.1 Å². The molecule has 0 aliphatic heterocycles. The molecule has 0 unspecified atom stereocenters. The Hall–Kier alpha value is -1.12. The van der Waals surface area contributed by atoms with Crippen molar-refractivity contribution in [3.63, 3.8) is 0 Å². The second-order valence-electron chi connectivity index (χ2n) is 1.50. The first kappa shape index (κ1) is 5.03. The summed E-state index contributed by atoms with van der Waals surface area (Å²) in [4.78, 5) is 7.34. The zero-order valence-electron chi connectivity index (χ0n) is 4.55. The summed E-state index contributed by atoms with van der Waals surface area (Å²) in [7, 11) is 0. The van der Waals surface area contributed by atoms with E-state index in [1.165, 1.54) is 6.33 Å². The topological polar surface area (TPSA) is 51.8 Å². The number of nitrogens with two attached hydrogens (primary N) is 1. The maximum Gasteiger partial charge on any atom is 0.130 e. The van der Waals surface area contributed by atoms with E-state index in [1.54, 1.807) is 0 Å². The fourth-order valence-electron chi connectivity index (χ4n) is 0.371. The van der Waals surface area contributed by atoms with E-state index in [0.717, 1.165) is 5.56 Å². The lowest BCUT2D eigenvalue weighted by molar-refractivity contribution is 1.13. The van der Waals surface area contributed by atoms with Crippen molar-refractivity contribution in [1.82, 2.24) is 9.97 Å². The van der Waals surface area contributed by atoms with Gasteiger partial charge in [0.15, 0.2) is 0 Å². The van der Waals surface area contributed by atoms with Crippen molar-refractivity contribution in [3.8, 4) is 0 Å². The number of nitrogens with zero attached hydrogens (tertiary/aromatic N) is 2. The highest BCUT2D eigenvalue weighted by atomic mass is 14.9. The molecule has 0 aromatic carbocycles. The second kappa shape index (κ2) is 1.78. The van der Waals surface area contributed by atoms with Gasteiger partial charge in [-0.05, 0) is 6.92 Å². The molecular formula is C5H6N3. The molecule has 1 rings (SSSR count). The average molecular weight is 108 g/mol. The van der Waals surface area contributed by atoms with Crippen molar-refractivity contribution in [3.05, 3.63) is 18.1 Å². The first-order valence-electron chi connectivity index (χ1n) is 2.25. The van der Waals surface area contributed by atoms with Gasteiger partial charge >= 0.3 is 0 Å². The third-order valence-corrected chi connectivity index (χ3v) is 0.871. The lowest BCUT2D eigenvalue weighted by Crippen LogP contribution is -1.93. The first-order chi connectivity index (χ1) is 3.80. The van der Waals surface area contributed by atoms with Crippen LogP contribution in [0.1, 0.15) is 5.56 Å². The number of nitrogen functional groups attached to an aromatic ring is 1. The summed E-state index contributed by atoms with van der Waals surface area (Å²) in [5.74, 6) is 0.500. The number of rotatable bonds is 0. The summed E-state index contributed by atoms with van der Waals surface area (Å²) in [5, 5.41) is 0. The summed E-state index contributed by atoms with van der Waals surface area (Å²) in [5.41, 5.74) is 6.14. The van der Waals surface area contributed by atoms with E-state index in [0.29, 0.717) is 5.82 Å². The Labute approximate surface area is 47.6 Å². The normalized spacial score (nSPS) is 9.12. The second-order valence-corrected chi connectivity index (χ2v) is 1.50. The van der Waals surface area contributed by atoms with Crippen molar-refractivity contribution in [1.29, 1.82) is 0 Å². The molecule has 0 amide bonds. The van der Waals surface area contributed by atoms with E-state index in [-0.39, 0.29) is 0 Å². The molecule has 0 bridgehead atoms. The van der Waals surface area contributed by atoms with Crippen LogP contribution in [-0.4, -0.2) is 9.97 Å². The molecule has 8 heavy (non-hydrogen) atoms. The number of aryl methyl sites for hydroxylation is 1. The quantitative estimate of drug-likeness (QED) is 0.515. The number of aromatic nitrogens is 2. The van der Waals surface area contributed by atoms with Gasteiger partial charge < -0.3 is 5.73 Å². The van der Waals surface area contributed by atoms with Gasteiger partial charge in [-0.15, -0.1) is 0 Å². The van der Waals surface area contributed by atoms with Gasteiger partial charge in [0.25, 0.3) is 0 Å². The number of anilines is 1. The van der Waals surface area contributed by atoms with Gasteiger partial charge in [-0.2, -0.15) is 0 Å². The van der Waals surface area contributed by atoms with Crippen molar-refractivity contribution in [2.45, 2.75) is 6.92 Å². The Morgan fingerprint density at radius 1 is 1.75 bits per heavy atom. The van der Waals surface area contributed by atoms with Crippen molar-refractivity contribution < 1.29 is 0 Å². The van der Waals surface area contributed by atoms with Crippen LogP contribution in [0.3, 0.4) is 0 Å². The predicted molar refractivity (Wildman–Crippen MR) is 30.0 cm³/mol. The van der Waals surface area contributed by atoms with Gasteiger partial charge in [-0.1, -0.05) is 0 Å². The number of hydrogen-bond acceptors (Lipinski definition) is 3. The Kier molecular flexibility index (Phi) is 1.12. The summed E-state index contributed by atoms with van der Waals surface area (Å²) >= 11 is 0. The zero-order chi connectivity index (χ0) is 5.98. The van der Waals surface area contributed by atoms with Crippen LogP contribution in [0, 0.1) is 13.1 Å². The van der Waals surface area contributed by atoms with Gasteiger partial charge in [0, 0.05) is 5.56 Å². The lowest BCUT2D eigenvalue weighted by Gasteiger charge is -1.90. The number of hydrogen-bond donors (Lipinski definition) is 1. The van der Waals surface area contributed by atoms with Crippen LogP contribution in [0.4, 0.5) is 5.82 Å². The molecule has 0 saturated heterocycles. The molecule has 0 saturated carbocycles. The Morgan fingerprint density at radius 3 is 2.88 bits per heavy atom. The van der Waals surface area contributed by atoms with E-state index in [9.17, 15) is 0 Å². The zero-order valence-corrected chi connectivity index (χ0v) is 4.55. The van der Waals surface area contributed by atoms with Crippen LogP contribution in [0.25, 0.3) is 0 Å². The molecule has 0 spiro atoms. The molecule has 41 valence electrons. The Balaban J connectivity index is 3.13. The molecule has 2 N–H and O–H groups in total. The third kappa shape index (κ3) is 0.753. The van der Waals surface area contributed by atoms with E-state index in [1.807, 2.05) is 6.92 Å². The van der Waals surface area contributed by atoms with Crippen LogP contribution in [0.15, 0.2) is 6.33 Å². The van der Waals surface area contributed by atoms with E-state index >= 15 is 0 Å². The monoisotopic (exact) mass is 108 g/mol. The molecule has 0 fully saturated rings. The highest BCUT2D eigenvalue weighted by Gasteiger charge is 1.88. The standard InChI is InChI=1S/C5H6N3/c1-4-2-7-3-8-5(4)6/h3H,1H3,(H2,6,7,8). The Bertz CT molecular complexity index is 164. The molecule has 3 heteroatoms. The molecule has 1 aromatic rings. The molecule has 1 radical (unpaired) electrons. The predicted octanol–water partition coefficient (Wildman–Crippen LogP) is 0.167. The smallest absolute Gasteiger partial charge is 0.130 e. The van der Waals surface area contributed by atoms with Crippen molar-refractivity contribution >= 4 is 5.82 Å². The van der Waals surface area contributed by atoms with E-state index < -0.39 is 0 Å². The molecule has 0 atom stereocenters. The summed E-state index contributed by atoms with van der Waals surface area (Å²) in [6, 6.07) is 0. The molecular weight excluding hydrogens is 102 g/mol. The SMILES string of the molecule is Cc1[c]ncnc1N.